The molecule has 0 amide bonds. The molecule has 1 atom stereocenters. The SMILES string of the molecule is C=CCOc1cc(Cl)c(C(O)c2ccc(C)cc2)cc1Br. The van der Waals surface area contributed by atoms with Crippen molar-refractivity contribution in [2.75, 3.05) is 6.61 Å². The van der Waals surface area contributed by atoms with Crippen LogP contribution in [0.1, 0.15) is 22.8 Å². The molecule has 2 rings (SSSR count). The minimum absolute atomic E-state index is 0.398. The summed E-state index contributed by atoms with van der Waals surface area (Å²) < 4.78 is 6.24. The second kappa shape index (κ2) is 7.12. The molecule has 0 spiro atoms. The molecule has 0 aromatic heterocycles. The average Bonchev–Trinajstić information content (AvgIpc) is 2.48. The van der Waals surface area contributed by atoms with Crippen molar-refractivity contribution < 1.29 is 9.84 Å². The minimum Gasteiger partial charge on any atom is -0.488 e. The molecule has 0 bridgehead atoms. The first kappa shape index (κ1) is 16.1. The molecule has 21 heavy (non-hydrogen) atoms. The summed E-state index contributed by atoms with van der Waals surface area (Å²) in [4.78, 5) is 0. The third-order valence-electron chi connectivity index (χ3n) is 3.10. The van der Waals surface area contributed by atoms with Gasteiger partial charge in [-0.25, -0.2) is 0 Å². The summed E-state index contributed by atoms with van der Waals surface area (Å²) in [5.74, 6) is 0.625. The Morgan fingerprint density at radius 3 is 2.62 bits per heavy atom. The summed E-state index contributed by atoms with van der Waals surface area (Å²) in [6, 6.07) is 11.2. The molecular formula is C17H16BrClO2. The molecule has 0 heterocycles. The number of aryl methyl sites for hydroxylation is 1. The van der Waals surface area contributed by atoms with Gasteiger partial charge in [0.05, 0.1) is 9.50 Å². The first-order chi connectivity index (χ1) is 10.0. The number of aliphatic hydroxyl groups excluding tert-OH is 1. The van der Waals surface area contributed by atoms with Gasteiger partial charge in [-0.1, -0.05) is 54.1 Å². The van der Waals surface area contributed by atoms with Crippen LogP contribution in [0.5, 0.6) is 5.75 Å². The maximum Gasteiger partial charge on any atom is 0.135 e. The van der Waals surface area contributed by atoms with Gasteiger partial charge in [-0.3, -0.25) is 0 Å². The van der Waals surface area contributed by atoms with Crippen LogP contribution < -0.4 is 4.74 Å². The minimum atomic E-state index is -0.775. The molecule has 2 aromatic rings. The summed E-state index contributed by atoms with van der Waals surface area (Å²) in [7, 11) is 0. The van der Waals surface area contributed by atoms with Crippen molar-refractivity contribution in [2.24, 2.45) is 0 Å². The molecule has 1 N–H and O–H groups in total. The van der Waals surface area contributed by atoms with Crippen LogP contribution >= 0.6 is 27.5 Å². The third-order valence-corrected chi connectivity index (χ3v) is 4.04. The van der Waals surface area contributed by atoms with Crippen LogP contribution in [0.4, 0.5) is 0 Å². The van der Waals surface area contributed by atoms with Crippen LogP contribution in [0.2, 0.25) is 5.02 Å². The predicted molar refractivity (Wildman–Crippen MR) is 90.1 cm³/mol. The number of rotatable bonds is 5. The number of benzene rings is 2. The highest BCUT2D eigenvalue weighted by Crippen LogP contribution is 2.36. The monoisotopic (exact) mass is 366 g/mol. The molecule has 4 heteroatoms. The Bertz CT molecular complexity index is 638. The standard InChI is InChI=1S/C17H16BrClO2/c1-3-8-21-16-10-15(19)13(9-14(16)18)17(20)12-6-4-11(2)5-7-12/h3-7,9-10,17,20H,1,8H2,2H3. The van der Waals surface area contributed by atoms with Crippen molar-refractivity contribution in [1.82, 2.24) is 0 Å². The molecule has 0 saturated carbocycles. The molecule has 0 aliphatic carbocycles. The second-order valence-corrected chi connectivity index (χ2v) is 5.98. The van der Waals surface area contributed by atoms with Crippen molar-refractivity contribution in [3.63, 3.8) is 0 Å². The van der Waals surface area contributed by atoms with Gasteiger partial charge >= 0.3 is 0 Å². The lowest BCUT2D eigenvalue weighted by Gasteiger charge is -2.16. The predicted octanol–water partition coefficient (Wildman–Crippen LogP) is 5.06. The normalized spacial score (nSPS) is 12.0. The van der Waals surface area contributed by atoms with Crippen LogP contribution in [0, 0.1) is 6.92 Å². The van der Waals surface area contributed by atoms with Crippen LogP contribution in [-0.4, -0.2) is 11.7 Å². The van der Waals surface area contributed by atoms with Gasteiger partial charge in [-0.2, -0.15) is 0 Å². The Hall–Kier alpha value is -1.29. The number of hydrogen-bond donors (Lipinski definition) is 1. The van der Waals surface area contributed by atoms with Crippen molar-refractivity contribution in [1.29, 1.82) is 0 Å². The van der Waals surface area contributed by atoms with Crippen molar-refractivity contribution in [2.45, 2.75) is 13.0 Å². The third kappa shape index (κ3) is 3.88. The van der Waals surface area contributed by atoms with E-state index in [1.54, 1.807) is 18.2 Å². The maximum atomic E-state index is 10.5. The quantitative estimate of drug-likeness (QED) is 0.749. The molecular weight excluding hydrogens is 352 g/mol. The van der Waals surface area contributed by atoms with E-state index in [2.05, 4.69) is 22.5 Å². The van der Waals surface area contributed by atoms with E-state index in [9.17, 15) is 5.11 Å². The van der Waals surface area contributed by atoms with E-state index in [0.29, 0.717) is 22.9 Å². The van der Waals surface area contributed by atoms with Crippen LogP contribution in [0.25, 0.3) is 0 Å². The molecule has 2 nitrogen and oxygen atoms in total. The van der Waals surface area contributed by atoms with E-state index in [1.807, 2.05) is 31.2 Å². The van der Waals surface area contributed by atoms with Gasteiger partial charge in [0.15, 0.2) is 0 Å². The summed E-state index contributed by atoms with van der Waals surface area (Å²) in [6.07, 6.45) is 0.887. The maximum absolute atomic E-state index is 10.5. The van der Waals surface area contributed by atoms with E-state index in [-0.39, 0.29) is 0 Å². The average molecular weight is 368 g/mol. The second-order valence-electron chi connectivity index (χ2n) is 4.72. The fourth-order valence-electron chi connectivity index (χ4n) is 1.94. The van der Waals surface area contributed by atoms with E-state index in [0.717, 1.165) is 15.6 Å². The highest BCUT2D eigenvalue weighted by atomic mass is 79.9. The van der Waals surface area contributed by atoms with Gasteiger partial charge in [0.1, 0.15) is 18.5 Å². The molecule has 0 aliphatic rings. The van der Waals surface area contributed by atoms with Gasteiger partial charge in [0.2, 0.25) is 0 Å². The van der Waals surface area contributed by atoms with Crippen LogP contribution in [0.15, 0.2) is 53.5 Å². The van der Waals surface area contributed by atoms with Crippen molar-refractivity contribution in [3.05, 3.63) is 75.2 Å². The topological polar surface area (TPSA) is 29.5 Å². The van der Waals surface area contributed by atoms with Crippen LogP contribution in [-0.2, 0) is 0 Å². The number of aliphatic hydroxyl groups is 1. The fraction of sp³-hybridized carbons (Fsp3) is 0.176. The Morgan fingerprint density at radius 2 is 2.00 bits per heavy atom. The van der Waals surface area contributed by atoms with E-state index in [4.69, 9.17) is 16.3 Å². The van der Waals surface area contributed by atoms with Gasteiger partial charge in [-0.15, -0.1) is 0 Å². The molecule has 110 valence electrons. The zero-order chi connectivity index (χ0) is 15.4. The molecule has 0 fully saturated rings. The van der Waals surface area contributed by atoms with E-state index >= 15 is 0 Å². The zero-order valence-corrected chi connectivity index (χ0v) is 14.0. The highest BCUT2D eigenvalue weighted by molar-refractivity contribution is 9.10. The molecule has 2 aromatic carbocycles. The molecule has 0 aliphatic heterocycles. The largest absolute Gasteiger partial charge is 0.488 e. The molecule has 0 radical (unpaired) electrons. The number of ether oxygens (including phenoxy) is 1. The van der Waals surface area contributed by atoms with Gasteiger partial charge < -0.3 is 9.84 Å². The summed E-state index contributed by atoms with van der Waals surface area (Å²) >= 11 is 9.70. The fourth-order valence-corrected chi connectivity index (χ4v) is 2.67. The first-order valence-corrected chi connectivity index (χ1v) is 7.67. The highest BCUT2D eigenvalue weighted by Gasteiger charge is 2.16. The Labute approximate surface area is 138 Å². The van der Waals surface area contributed by atoms with Crippen LogP contribution in [0.3, 0.4) is 0 Å². The Balaban J connectivity index is 2.33. The van der Waals surface area contributed by atoms with Gasteiger partial charge in [0, 0.05) is 11.6 Å². The Morgan fingerprint density at radius 1 is 1.33 bits per heavy atom. The zero-order valence-electron chi connectivity index (χ0n) is 11.6. The van der Waals surface area contributed by atoms with Crippen molar-refractivity contribution >= 4 is 27.5 Å². The number of hydrogen-bond acceptors (Lipinski definition) is 2. The lowest BCUT2D eigenvalue weighted by Crippen LogP contribution is -2.02. The Kier molecular flexibility index (Phi) is 5.45. The lowest BCUT2D eigenvalue weighted by atomic mass is 10.0. The van der Waals surface area contributed by atoms with Crippen molar-refractivity contribution in [3.8, 4) is 5.75 Å². The summed E-state index contributed by atoms with van der Waals surface area (Å²) in [6.45, 7) is 6.01. The molecule has 1 unspecified atom stereocenters. The van der Waals surface area contributed by atoms with Gasteiger partial charge in [0.25, 0.3) is 0 Å². The van der Waals surface area contributed by atoms with Gasteiger partial charge in [-0.05, 0) is 34.5 Å². The number of halogens is 2. The summed E-state index contributed by atoms with van der Waals surface area (Å²) in [5, 5.41) is 11.0. The summed E-state index contributed by atoms with van der Waals surface area (Å²) in [5.41, 5.74) is 2.58. The molecule has 0 saturated heterocycles. The van der Waals surface area contributed by atoms with E-state index in [1.165, 1.54) is 0 Å². The smallest absolute Gasteiger partial charge is 0.135 e. The van der Waals surface area contributed by atoms with E-state index < -0.39 is 6.10 Å². The first-order valence-electron chi connectivity index (χ1n) is 6.50. The lowest BCUT2D eigenvalue weighted by molar-refractivity contribution is 0.220.